The SMILES string of the molecule is CCCCN1CCN(S(C)=O)C(C(=O)NCCc2cncn2Cc2ccc(C(F)(F)F)cc2)C1.O. The third-order valence-corrected chi connectivity index (χ3v) is 7.09. The van der Waals surface area contributed by atoms with Crippen LogP contribution in [0, 0.1) is 0 Å². The Labute approximate surface area is 206 Å². The maximum Gasteiger partial charge on any atom is 0.416 e. The van der Waals surface area contributed by atoms with Crippen LogP contribution in [0.2, 0.25) is 0 Å². The van der Waals surface area contributed by atoms with Crippen LogP contribution in [0.15, 0.2) is 36.8 Å². The number of nitrogens with one attached hydrogen (secondary N) is 1. The number of amides is 1. The molecule has 0 bridgehead atoms. The molecule has 2 aromatic rings. The number of carbonyl (C=O) groups excluding carboxylic acids is 1. The molecule has 3 N–H and O–H groups in total. The molecule has 12 heteroatoms. The Morgan fingerprint density at radius 1 is 1.23 bits per heavy atom. The first kappa shape index (κ1) is 29.0. The Kier molecular flexibility index (Phi) is 10.9. The zero-order valence-electron chi connectivity index (χ0n) is 20.1. The first-order chi connectivity index (χ1) is 16.2. The smallest absolute Gasteiger partial charge is 0.412 e. The number of imidazole rings is 1. The monoisotopic (exact) mass is 517 g/mol. The van der Waals surface area contributed by atoms with Gasteiger partial charge in [0.15, 0.2) is 0 Å². The minimum Gasteiger partial charge on any atom is -0.412 e. The summed E-state index contributed by atoms with van der Waals surface area (Å²) in [5.74, 6) is -0.148. The van der Waals surface area contributed by atoms with Crippen LogP contribution in [0.5, 0.6) is 0 Å². The normalized spacial score (nSPS) is 18.1. The second-order valence-electron chi connectivity index (χ2n) is 8.48. The minimum absolute atomic E-state index is 0. The standard InChI is InChI=1S/C23H32F3N5O2S.H2O/c1-3-4-11-29-12-13-31(34(2)33)21(16-29)22(32)28-10-9-20-14-27-17-30(20)15-18-5-7-19(8-6-18)23(24,25)26;/h5-8,14,17,21H,3-4,9-13,15-16H2,1-2H3,(H,28,32);1H2. The highest BCUT2D eigenvalue weighted by Gasteiger charge is 2.34. The van der Waals surface area contributed by atoms with Crippen LogP contribution in [-0.4, -0.2) is 79.4 Å². The summed E-state index contributed by atoms with van der Waals surface area (Å²) < 4.78 is 54.1. The van der Waals surface area contributed by atoms with Gasteiger partial charge in [0.05, 0.1) is 22.9 Å². The van der Waals surface area contributed by atoms with Gasteiger partial charge in [-0.2, -0.15) is 13.2 Å². The van der Waals surface area contributed by atoms with Gasteiger partial charge in [0.25, 0.3) is 0 Å². The van der Waals surface area contributed by atoms with Gasteiger partial charge in [-0.15, -0.1) is 0 Å². The van der Waals surface area contributed by atoms with Crippen molar-refractivity contribution in [3.05, 3.63) is 53.6 Å². The molecule has 3 rings (SSSR count). The van der Waals surface area contributed by atoms with Crippen LogP contribution in [0.25, 0.3) is 0 Å². The van der Waals surface area contributed by atoms with E-state index in [9.17, 15) is 22.2 Å². The Hall–Kier alpha value is -2.28. The van der Waals surface area contributed by atoms with Gasteiger partial charge in [0.2, 0.25) is 5.91 Å². The van der Waals surface area contributed by atoms with E-state index >= 15 is 0 Å². The fourth-order valence-corrected chi connectivity index (χ4v) is 4.91. The molecular weight excluding hydrogens is 483 g/mol. The van der Waals surface area contributed by atoms with Crippen LogP contribution in [0.4, 0.5) is 13.2 Å². The second-order valence-corrected chi connectivity index (χ2v) is 9.80. The summed E-state index contributed by atoms with van der Waals surface area (Å²) in [5, 5.41) is 2.96. The predicted molar refractivity (Wildman–Crippen MR) is 129 cm³/mol. The summed E-state index contributed by atoms with van der Waals surface area (Å²) in [6, 6.07) is 4.60. The van der Waals surface area contributed by atoms with Gasteiger partial charge in [-0.1, -0.05) is 25.5 Å². The molecule has 0 radical (unpaired) electrons. The molecule has 0 aliphatic carbocycles. The van der Waals surface area contributed by atoms with E-state index in [1.807, 2.05) is 4.57 Å². The Bertz CT molecular complexity index is 968. The molecule has 1 fully saturated rings. The lowest BCUT2D eigenvalue weighted by Crippen LogP contribution is -2.59. The van der Waals surface area contributed by atoms with E-state index in [1.165, 1.54) is 12.1 Å². The van der Waals surface area contributed by atoms with E-state index < -0.39 is 28.8 Å². The van der Waals surface area contributed by atoms with Crippen LogP contribution < -0.4 is 5.32 Å². The number of carbonyl (C=O) groups is 1. The zero-order valence-corrected chi connectivity index (χ0v) is 20.9. The van der Waals surface area contributed by atoms with Crippen molar-refractivity contribution in [2.75, 3.05) is 39.0 Å². The molecule has 35 heavy (non-hydrogen) atoms. The average Bonchev–Trinajstić information content (AvgIpc) is 3.23. The highest BCUT2D eigenvalue weighted by atomic mass is 32.2. The maximum absolute atomic E-state index is 12.9. The molecule has 1 amide bonds. The van der Waals surface area contributed by atoms with Crippen LogP contribution in [0.3, 0.4) is 0 Å². The quantitative estimate of drug-likeness (QED) is 0.520. The third kappa shape index (κ3) is 8.13. The van der Waals surface area contributed by atoms with E-state index in [0.717, 1.165) is 49.3 Å². The zero-order chi connectivity index (χ0) is 24.7. The molecule has 8 nitrogen and oxygen atoms in total. The van der Waals surface area contributed by atoms with Crippen molar-refractivity contribution < 1.29 is 27.7 Å². The van der Waals surface area contributed by atoms with E-state index in [1.54, 1.807) is 23.1 Å². The lowest BCUT2D eigenvalue weighted by molar-refractivity contribution is -0.137. The van der Waals surface area contributed by atoms with Crippen molar-refractivity contribution in [3.63, 3.8) is 0 Å². The van der Waals surface area contributed by atoms with E-state index in [2.05, 4.69) is 22.1 Å². The van der Waals surface area contributed by atoms with Crippen molar-refractivity contribution >= 4 is 16.9 Å². The molecule has 2 atom stereocenters. The highest BCUT2D eigenvalue weighted by molar-refractivity contribution is 7.81. The Morgan fingerprint density at radius 3 is 2.57 bits per heavy atom. The fraction of sp³-hybridized carbons (Fsp3) is 0.565. The van der Waals surface area contributed by atoms with Gasteiger partial charge < -0.3 is 15.4 Å². The summed E-state index contributed by atoms with van der Waals surface area (Å²) in [4.78, 5) is 19.3. The van der Waals surface area contributed by atoms with Crippen LogP contribution in [-0.2, 0) is 34.9 Å². The Balaban J connectivity index is 0.00000432. The number of aromatic nitrogens is 2. The van der Waals surface area contributed by atoms with Crippen molar-refractivity contribution in [2.24, 2.45) is 0 Å². The molecular formula is C23H34F3N5O3S. The number of nitrogens with zero attached hydrogens (tertiary/aromatic N) is 4. The molecule has 196 valence electrons. The van der Waals surface area contributed by atoms with Crippen LogP contribution >= 0.6 is 0 Å². The lowest BCUT2D eigenvalue weighted by Gasteiger charge is -2.38. The van der Waals surface area contributed by atoms with Gasteiger partial charge >= 0.3 is 6.18 Å². The molecule has 1 aromatic heterocycles. The first-order valence-corrected chi connectivity index (χ1v) is 13.0. The molecule has 1 saturated heterocycles. The number of unbranched alkanes of at least 4 members (excludes halogenated alkanes) is 1. The molecule has 1 aromatic carbocycles. The number of hydrogen-bond donors (Lipinski definition) is 1. The third-order valence-electron chi connectivity index (χ3n) is 5.99. The van der Waals surface area contributed by atoms with Crippen molar-refractivity contribution in [2.45, 2.75) is 44.9 Å². The number of rotatable bonds is 10. The number of alkyl halides is 3. The number of halogens is 3. The van der Waals surface area contributed by atoms with Crippen molar-refractivity contribution in [1.29, 1.82) is 0 Å². The first-order valence-electron chi connectivity index (χ1n) is 11.4. The second kappa shape index (κ2) is 13.1. The van der Waals surface area contributed by atoms with Gasteiger partial charge in [-0.3, -0.25) is 9.69 Å². The van der Waals surface area contributed by atoms with E-state index in [0.29, 0.717) is 32.6 Å². The molecule has 2 unspecified atom stereocenters. The van der Waals surface area contributed by atoms with Crippen LogP contribution in [0.1, 0.15) is 36.6 Å². The summed E-state index contributed by atoms with van der Waals surface area (Å²) in [5.41, 5.74) is 0.916. The summed E-state index contributed by atoms with van der Waals surface area (Å²) in [6.45, 7) is 5.76. The van der Waals surface area contributed by atoms with Gasteiger partial charge in [-0.25, -0.2) is 13.5 Å². The summed E-state index contributed by atoms with van der Waals surface area (Å²) >= 11 is 0. The predicted octanol–water partition coefficient (Wildman–Crippen LogP) is 1.86. The molecule has 0 spiro atoms. The highest BCUT2D eigenvalue weighted by Crippen LogP contribution is 2.29. The molecule has 1 aliphatic rings. The fourth-order valence-electron chi connectivity index (χ4n) is 4.06. The molecule has 2 heterocycles. The molecule has 0 saturated carbocycles. The van der Waals surface area contributed by atoms with Gasteiger partial charge in [0.1, 0.15) is 6.04 Å². The van der Waals surface area contributed by atoms with Crippen molar-refractivity contribution in [1.82, 2.24) is 24.1 Å². The largest absolute Gasteiger partial charge is 0.416 e. The number of benzene rings is 1. The average molecular weight is 518 g/mol. The van der Waals surface area contributed by atoms with Gasteiger partial charge in [-0.05, 0) is 30.7 Å². The number of hydrogen-bond acceptors (Lipinski definition) is 4. The lowest BCUT2D eigenvalue weighted by atomic mass is 10.1. The number of piperazine rings is 1. The van der Waals surface area contributed by atoms with Gasteiger partial charge in [0, 0.05) is 57.3 Å². The van der Waals surface area contributed by atoms with Crippen molar-refractivity contribution in [3.8, 4) is 0 Å². The maximum atomic E-state index is 12.9. The molecule has 1 aliphatic heterocycles. The topological polar surface area (TPSA) is 102 Å². The van der Waals surface area contributed by atoms with E-state index in [4.69, 9.17) is 0 Å². The minimum atomic E-state index is -4.36. The van der Waals surface area contributed by atoms with E-state index in [-0.39, 0.29) is 11.4 Å². The Morgan fingerprint density at radius 2 is 1.94 bits per heavy atom. The summed E-state index contributed by atoms with van der Waals surface area (Å²) in [6.07, 6.45) is 3.22. The summed E-state index contributed by atoms with van der Waals surface area (Å²) in [7, 11) is -1.23.